The van der Waals surface area contributed by atoms with Gasteiger partial charge in [0.05, 0.1) is 5.92 Å². The van der Waals surface area contributed by atoms with Gasteiger partial charge in [-0.2, -0.15) is 0 Å². The summed E-state index contributed by atoms with van der Waals surface area (Å²) in [4.78, 5) is 40.5. The first kappa shape index (κ1) is 19.9. The molecule has 0 saturated carbocycles. The molecule has 1 aromatic heterocycles. The molecule has 1 aliphatic heterocycles. The summed E-state index contributed by atoms with van der Waals surface area (Å²) in [6.07, 6.45) is 5.18. The fourth-order valence-electron chi connectivity index (χ4n) is 3.13. The number of nitro groups is 1. The van der Waals surface area contributed by atoms with Gasteiger partial charge in [0.25, 0.3) is 0 Å². The number of likely N-dealkylation sites (tertiary alicyclic amines) is 1. The van der Waals surface area contributed by atoms with E-state index in [2.05, 4.69) is 17.2 Å². The number of rotatable bonds is 8. The van der Waals surface area contributed by atoms with Gasteiger partial charge in [0, 0.05) is 39.5 Å². The van der Waals surface area contributed by atoms with Crippen molar-refractivity contribution >= 4 is 17.6 Å². The summed E-state index contributed by atoms with van der Waals surface area (Å²) in [6.45, 7) is 5.87. The van der Waals surface area contributed by atoms with E-state index in [1.807, 2.05) is 0 Å². The Morgan fingerprint density at radius 1 is 1.46 bits per heavy atom. The first-order chi connectivity index (χ1) is 12.4. The average Bonchev–Trinajstić information content (AvgIpc) is 3.01. The highest BCUT2D eigenvalue weighted by Gasteiger charge is 2.28. The van der Waals surface area contributed by atoms with Gasteiger partial charge in [-0.25, -0.2) is 0 Å². The predicted octanol–water partition coefficient (Wildman–Crippen LogP) is 1.64. The number of nitrogens with one attached hydrogen (secondary N) is 1. The van der Waals surface area contributed by atoms with Crippen molar-refractivity contribution < 1.29 is 14.5 Å². The van der Waals surface area contributed by atoms with Crippen molar-refractivity contribution in [3.63, 3.8) is 0 Å². The highest BCUT2D eigenvalue weighted by Crippen LogP contribution is 2.18. The summed E-state index contributed by atoms with van der Waals surface area (Å²) in [5.41, 5.74) is 0. The van der Waals surface area contributed by atoms with Gasteiger partial charge in [-0.3, -0.25) is 9.59 Å². The fraction of sp³-hybridized carbons (Fsp3) is 0.706. The third-order valence-electron chi connectivity index (χ3n) is 4.69. The largest absolute Gasteiger partial charge is 0.381 e. The third-order valence-corrected chi connectivity index (χ3v) is 4.69. The van der Waals surface area contributed by atoms with Crippen molar-refractivity contribution in [1.82, 2.24) is 19.8 Å². The Morgan fingerprint density at radius 3 is 2.88 bits per heavy atom. The van der Waals surface area contributed by atoms with Crippen LogP contribution in [0.25, 0.3) is 0 Å². The number of imidazole rings is 1. The lowest BCUT2D eigenvalue weighted by Gasteiger charge is -2.32. The normalized spacial score (nSPS) is 17.2. The van der Waals surface area contributed by atoms with Crippen LogP contribution in [0.2, 0.25) is 0 Å². The molecule has 26 heavy (non-hydrogen) atoms. The minimum atomic E-state index is -0.544. The number of nitrogens with zero attached hydrogens (tertiary/aromatic N) is 4. The Labute approximate surface area is 152 Å². The molecule has 1 aromatic rings. The van der Waals surface area contributed by atoms with Crippen molar-refractivity contribution in [1.29, 1.82) is 0 Å². The molecule has 1 saturated heterocycles. The molecule has 1 aliphatic rings. The minimum Gasteiger partial charge on any atom is -0.358 e. The Hall–Kier alpha value is -2.45. The molecular weight excluding hydrogens is 338 g/mol. The lowest BCUT2D eigenvalue weighted by Crippen LogP contribution is -2.45. The lowest BCUT2D eigenvalue weighted by molar-refractivity contribution is -0.389. The van der Waals surface area contributed by atoms with Crippen LogP contribution < -0.4 is 5.32 Å². The molecule has 0 bridgehead atoms. The number of carbonyl (C=O) groups is 2. The Balaban J connectivity index is 1.85. The van der Waals surface area contributed by atoms with Gasteiger partial charge in [-0.15, -0.1) is 0 Å². The van der Waals surface area contributed by atoms with E-state index in [1.165, 1.54) is 6.20 Å². The van der Waals surface area contributed by atoms with E-state index in [0.29, 0.717) is 32.0 Å². The Kier molecular flexibility index (Phi) is 7.11. The van der Waals surface area contributed by atoms with Crippen LogP contribution in [0.1, 0.15) is 44.9 Å². The second-order valence-electron chi connectivity index (χ2n) is 6.67. The fourth-order valence-corrected chi connectivity index (χ4v) is 3.13. The molecule has 1 unspecified atom stereocenters. The van der Waals surface area contributed by atoms with E-state index in [0.717, 1.165) is 25.7 Å². The van der Waals surface area contributed by atoms with Crippen LogP contribution in [-0.4, -0.2) is 50.8 Å². The van der Waals surface area contributed by atoms with Gasteiger partial charge < -0.3 is 24.9 Å². The van der Waals surface area contributed by atoms with Crippen LogP contribution in [0.4, 0.5) is 5.82 Å². The zero-order valence-electron chi connectivity index (χ0n) is 15.4. The third kappa shape index (κ3) is 5.27. The van der Waals surface area contributed by atoms with Crippen LogP contribution in [0.15, 0.2) is 6.20 Å². The van der Waals surface area contributed by atoms with E-state index >= 15 is 0 Å². The van der Waals surface area contributed by atoms with Crippen LogP contribution >= 0.6 is 0 Å². The lowest BCUT2D eigenvalue weighted by atomic mass is 9.97. The second kappa shape index (κ2) is 9.30. The van der Waals surface area contributed by atoms with E-state index in [9.17, 15) is 19.7 Å². The number of piperidine rings is 1. The number of aromatic nitrogens is 2. The number of unbranched alkanes of at least 4 members (excludes halogenated alkanes) is 1. The topological polar surface area (TPSA) is 110 Å². The summed E-state index contributed by atoms with van der Waals surface area (Å²) >= 11 is 0. The maximum absolute atomic E-state index is 12.5. The molecule has 9 nitrogen and oxygen atoms in total. The van der Waals surface area contributed by atoms with Gasteiger partial charge in [-0.1, -0.05) is 13.3 Å². The molecule has 0 aromatic carbocycles. The highest BCUT2D eigenvalue weighted by atomic mass is 16.6. The molecule has 0 spiro atoms. The van der Waals surface area contributed by atoms with Crippen LogP contribution in [0.5, 0.6) is 0 Å². The van der Waals surface area contributed by atoms with Gasteiger partial charge in [0.15, 0.2) is 0 Å². The number of hydrogen-bond donors (Lipinski definition) is 1. The SMILES string of the molecule is CCCCNC(=O)C1CCCN(C(=O)CCn2cc([N+](=O)[O-])nc2C)C1. The molecule has 1 N–H and O–H groups in total. The molecule has 2 rings (SSSR count). The number of amides is 2. The predicted molar refractivity (Wildman–Crippen MR) is 95.5 cm³/mol. The highest BCUT2D eigenvalue weighted by molar-refractivity contribution is 5.81. The molecule has 1 atom stereocenters. The van der Waals surface area contributed by atoms with Crippen molar-refractivity contribution in [2.45, 2.75) is 52.5 Å². The quantitative estimate of drug-likeness (QED) is 0.428. The monoisotopic (exact) mass is 365 g/mol. The van der Waals surface area contributed by atoms with E-state index < -0.39 is 4.92 Å². The van der Waals surface area contributed by atoms with Crippen LogP contribution in [0, 0.1) is 23.0 Å². The standard InChI is InChI=1S/C17H27N5O4/c1-3-4-8-18-17(24)14-6-5-9-21(11-14)16(23)7-10-20-12-15(22(25)26)19-13(20)2/h12,14H,3-11H2,1-2H3,(H,18,24). The van der Waals surface area contributed by atoms with Gasteiger partial charge in [0.2, 0.25) is 17.6 Å². The summed E-state index contributed by atoms with van der Waals surface area (Å²) < 4.78 is 1.62. The summed E-state index contributed by atoms with van der Waals surface area (Å²) in [5, 5.41) is 13.7. The van der Waals surface area contributed by atoms with Crippen LogP contribution in [-0.2, 0) is 16.1 Å². The Bertz CT molecular complexity index is 658. The van der Waals surface area contributed by atoms with Gasteiger partial charge in [0.1, 0.15) is 6.20 Å². The molecule has 2 amide bonds. The van der Waals surface area contributed by atoms with E-state index in [1.54, 1.807) is 16.4 Å². The minimum absolute atomic E-state index is 0.0250. The summed E-state index contributed by atoms with van der Waals surface area (Å²) in [5.74, 6) is 0.137. The van der Waals surface area contributed by atoms with E-state index in [-0.39, 0.29) is 30.0 Å². The summed E-state index contributed by atoms with van der Waals surface area (Å²) in [6, 6.07) is 0. The number of hydrogen-bond acceptors (Lipinski definition) is 5. The molecule has 0 aliphatic carbocycles. The van der Waals surface area contributed by atoms with Crippen molar-refractivity contribution in [2.24, 2.45) is 5.92 Å². The maximum Gasteiger partial charge on any atom is 0.381 e. The van der Waals surface area contributed by atoms with Crippen molar-refractivity contribution in [3.8, 4) is 0 Å². The maximum atomic E-state index is 12.5. The van der Waals surface area contributed by atoms with Gasteiger partial charge >= 0.3 is 5.82 Å². The first-order valence-electron chi connectivity index (χ1n) is 9.16. The van der Waals surface area contributed by atoms with Crippen molar-refractivity contribution in [3.05, 3.63) is 22.1 Å². The zero-order valence-corrected chi connectivity index (χ0v) is 15.4. The Morgan fingerprint density at radius 2 is 2.23 bits per heavy atom. The van der Waals surface area contributed by atoms with Crippen LogP contribution in [0.3, 0.4) is 0 Å². The number of carbonyl (C=O) groups excluding carboxylic acids is 2. The average molecular weight is 365 g/mol. The smallest absolute Gasteiger partial charge is 0.358 e. The van der Waals surface area contributed by atoms with Gasteiger partial charge in [-0.05, 0) is 29.2 Å². The first-order valence-corrected chi connectivity index (χ1v) is 9.16. The molecule has 9 heteroatoms. The molecule has 1 fully saturated rings. The second-order valence-corrected chi connectivity index (χ2v) is 6.67. The number of aryl methyl sites for hydroxylation is 2. The molecular formula is C17H27N5O4. The molecule has 0 radical (unpaired) electrons. The molecule has 2 heterocycles. The summed E-state index contributed by atoms with van der Waals surface area (Å²) in [7, 11) is 0. The van der Waals surface area contributed by atoms with Crippen molar-refractivity contribution in [2.75, 3.05) is 19.6 Å². The van der Waals surface area contributed by atoms with E-state index in [4.69, 9.17) is 0 Å². The zero-order chi connectivity index (χ0) is 19.1. The molecule has 144 valence electrons.